The second-order valence-electron chi connectivity index (χ2n) is 7.28. The third-order valence-electron chi connectivity index (χ3n) is 5.55. The fourth-order valence-corrected chi connectivity index (χ4v) is 4.29. The summed E-state index contributed by atoms with van der Waals surface area (Å²) < 4.78 is 17.3. The van der Waals surface area contributed by atoms with E-state index in [1.54, 1.807) is 14.2 Å². The maximum Gasteiger partial charge on any atom is 0.214 e. The van der Waals surface area contributed by atoms with Crippen molar-refractivity contribution in [2.75, 3.05) is 14.2 Å². The molecule has 0 radical (unpaired) electrons. The average Bonchev–Trinajstić information content (AvgIpc) is 3.24. The molecule has 0 amide bonds. The normalized spacial score (nSPS) is 19.4. The number of hydrogen-bond donors (Lipinski definition) is 0. The van der Waals surface area contributed by atoms with Crippen LogP contribution in [0.3, 0.4) is 0 Å². The lowest BCUT2D eigenvalue weighted by Gasteiger charge is -2.38. The molecule has 0 saturated heterocycles. The van der Waals surface area contributed by atoms with E-state index in [1.807, 2.05) is 65.7 Å². The Labute approximate surface area is 180 Å². The van der Waals surface area contributed by atoms with E-state index in [4.69, 9.17) is 30.9 Å². The van der Waals surface area contributed by atoms with Crippen molar-refractivity contribution in [2.45, 2.75) is 18.7 Å². The topological polar surface area (TPSA) is 43.3 Å². The van der Waals surface area contributed by atoms with Gasteiger partial charge >= 0.3 is 0 Å². The Morgan fingerprint density at radius 1 is 0.967 bits per heavy atom. The van der Waals surface area contributed by atoms with Crippen LogP contribution in [0.5, 0.6) is 17.2 Å². The Kier molecular flexibility index (Phi) is 4.75. The molecule has 0 spiro atoms. The number of fused-ring (bicyclic) bond motifs is 3. The van der Waals surface area contributed by atoms with Crippen LogP contribution in [0.15, 0.2) is 71.8 Å². The minimum absolute atomic E-state index is 0.0852. The number of rotatable bonds is 4. The minimum atomic E-state index is -0.374. The molecule has 0 fully saturated rings. The minimum Gasteiger partial charge on any atom is -0.493 e. The van der Waals surface area contributed by atoms with Crippen molar-refractivity contribution in [1.82, 2.24) is 5.01 Å². The molecule has 2 heterocycles. The molecule has 0 bridgehead atoms. The van der Waals surface area contributed by atoms with Gasteiger partial charge in [0.2, 0.25) is 6.23 Å². The van der Waals surface area contributed by atoms with Gasteiger partial charge < -0.3 is 14.2 Å². The Hall–Kier alpha value is -3.18. The van der Waals surface area contributed by atoms with E-state index in [0.29, 0.717) is 16.5 Å². The average molecular weight is 421 g/mol. The quantitative estimate of drug-likeness (QED) is 0.551. The Morgan fingerprint density at radius 3 is 2.60 bits per heavy atom. The van der Waals surface area contributed by atoms with Crippen LogP contribution in [-0.4, -0.2) is 24.9 Å². The molecular weight excluding hydrogens is 400 g/mol. The Morgan fingerprint density at radius 2 is 1.80 bits per heavy atom. The summed E-state index contributed by atoms with van der Waals surface area (Å²) in [5.74, 6) is 2.21. The van der Waals surface area contributed by atoms with Gasteiger partial charge in [-0.25, -0.2) is 5.01 Å². The standard InChI is InChI=1S/C24H21ClN2O3/c1-28-22-11-10-16(13-23(22)29-2)24-27-20(18-8-3-4-9-21(18)30-24)14-19(26-27)15-6-5-7-17(25)12-15/h3-13,20,24H,14H2,1-2H3/t20-,24+/m0/s1. The molecule has 0 saturated carbocycles. The number of methoxy groups -OCH3 is 2. The van der Waals surface area contributed by atoms with Gasteiger partial charge in [0, 0.05) is 22.6 Å². The van der Waals surface area contributed by atoms with E-state index in [2.05, 4.69) is 6.07 Å². The van der Waals surface area contributed by atoms with Crippen molar-refractivity contribution < 1.29 is 14.2 Å². The highest BCUT2D eigenvalue weighted by atomic mass is 35.5. The van der Waals surface area contributed by atoms with Gasteiger partial charge in [-0.15, -0.1) is 0 Å². The molecule has 5 nitrogen and oxygen atoms in total. The van der Waals surface area contributed by atoms with Gasteiger partial charge in [-0.1, -0.05) is 41.9 Å². The van der Waals surface area contributed by atoms with E-state index >= 15 is 0 Å². The Balaban J connectivity index is 1.59. The maximum absolute atomic E-state index is 6.41. The van der Waals surface area contributed by atoms with Crippen molar-refractivity contribution in [3.8, 4) is 17.2 Å². The van der Waals surface area contributed by atoms with Crippen LogP contribution >= 0.6 is 11.6 Å². The summed E-state index contributed by atoms with van der Waals surface area (Å²) in [4.78, 5) is 0. The first kappa shape index (κ1) is 18.8. The Bertz CT molecular complexity index is 1130. The fraction of sp³-hybridized carbons (Fsp3) is 0.208. The third-order valence-corrected chi connectivity index (χ3v) is 5.78. The van der Waals surface area contributed by atoms with Crippen LogP contribution in [-0.2, 0) is 0 Å². The number of hydrazone groups is 1. The summed E-state index contributed by atoms with van der Waals surface area (Å²) in [5.41, 5.74) is 4.10. The maximum atomic E-state index is 6.41. The molecular formula is C24H21ClN2O3. The summed E-state index contributed by atoms with van der Waals surface area (Å²) in [6.45, 7) is 0. The summed E-state index contributed by atoms with van der Waals surface area (Å²) >= 11 is 6.22. The molecule has 2 aliphatic rings. The lowest BCUT2D eigenvalue weighted by molar-refractivity contribution is -0.0191. The first-order valence-electron chi connectivity index (χ1n) is 9.77. The van der Waals surface area contributed by atoms with Gasteiger partial charge in [0.25, 0.3) is 0 Å². The molecule has 0 aliphatic carbocycles. The largest absolute Gasteiger partial charge is 0.493 e. The first-order chi connectivity index (χ1) is 14.7. The molecule has 3 aromatic rings. The van der Waals surface area contributed by atoms with Crippen molar-refractivity contribution in [2.24, 2.45) is 5.10 Å². The molecule has 3 aromatic carbocycles. The van der Waals surface area contributed by atoms with E-state index < -0.39 is 0 Å². The number of hydrogen-bond acceptors (Lipinski definition) is 5. The van der Waals surface area contributed by atoms with Crippen LogP contribution in [0.2, 0.25) is 5.02 Å². The lowest BCUT2D eigenvalue weighted by Crippen LogP contribution is -2.33. The highest BCUT2D eigenvalue weighted by molar-refractivity contribution is 6.31. The van der Waals surface area contributed by atoms with Crippen molar-refractivity contribution in [3.63, 3.8) is 0 Å². The van der Waals surface area contributed by atoms with Crippen LogP contribution in [0.4, 0.5) is 0 Å². The van der Waals surface area contributed by atoms with E-state index in [0.717, 1.165) is 34.6 Å². The van der Waals surface area contributed by atoms with Gasteiger partial charge in [-0.05, 0) is 42.0 Å². The number of benzene rings is 3. The summed E-state index contributed by atoms with van der Waals surface area (Å²) in [7, 11) is 3.26. The van der Waals surface area contributed by atoms with Gasteiger partial charge in [0.15, 0.2) is 11.5 Å². The number of para-hydroxylation sites is 1. The monoisotopic (exact) mass is 420 g/mol. The second-order valence-corrected chi connectivity index (χ2v) is 7.72. The summed E-state index contributed by atoms with van der Waals surface area (Å²) in [6.07, 6.45) is 0.409. The molecule has 6 heteroatoms. The third kappa shape index (κ3) is 3.15. The molecule has 0 aromatic heterocycles. The van der Waals surface area contributed by atoms with Gasteiger partial charge in [0.05, 0.1) is 26.0 Å². The predicted octanol–water partition coefficient (Wildman–Crippen LogP) is 5.60. The van der Waals surface area contributed by atoms with E-state index in [-0.39, 0.29) is 12.3 Å². The number of ether oxygens (including phenoxy) is 3. The van der Waals surface area contributed by atoms with E-state index in [9.17, 15) is 0 Å². The summed E-state index contributed by atoms with van der Waals surface area (Å²) in [6, 6.07) is 21.9. The zero-order valence-corrected chi connectivity index (χ0v) is 17.5. The SMILES string of the molecule is COc1ccc([C@H]2Oc3ccccc3[C@@H]3CC(c4cccc(Cl)c4)=NN23)cc1OC. The highest BCUT2D eigenvalue weighted by Crippen LogP contribution is 2.48. The van der Waals surface area contributed by atoms with Gasteiger partial charge in [0.1, 0.15) is 5.75 Å². The zero-order valence-electron chi connectivity index (χ0n) is 16.7. The first-order valence-corrected chi connectivity index (χ1v) is 10.1. The molecule has 0 unspecified atom stereocenters. The fourth-order valence-electron chi connectivity index (χ4n) is 4.10. The second kappa shape index (κ2) is 7.58. The summed E-state index contributed by atoms with van der Waals surface area (Å²) in [5, 5.41) is 7.71. The van der Waals surface area contributed by atoms with Gasteiger partial charge in [-0.3, -0.25) is 0 Å². The molecule has 2 aliphatic heterocycles. The smallest absolute Gasteiger partial charge is 0.214 e. The van der Waals surface area contributed by atoms with Crippen LogP contribution < -0.4 is 14.2 Å². The van der Waals surface area contributed by atoms with Crippen molar-refractivity contribution in [1.29, 1.82) is 0 Å². The molecule has 0 N–H and O–H groups in total. The molecule has 30 heavy (non-hydrogen) atoms. The van der Waals surface area contributed by atoms with E-state index in [1.165, 1.54) is 0 Å². The lowest BCUT2D eigenvalue weighted by atomic mass is 9.96. The predicted molar refractivity (Wildman–Crippen MR) is 117 cm³/mol. The number of nitrogens with zero attached hydrogens (tertiary/aromatic N) is 2. The van der Waals surface area contributed by atoms with Crippen LogP contribution in [0, 0.1) is 0 Å². The van der Waals surface area contributed by atoms with Crippen molar-refractivity contribution in [3.05, 3.63) is 88.4 Å². The van der Waals surface area contributed by atoms with Crippen molar-refractivity contribution >= 4 is 17.3 Å². The van der Waals surface area contributed by atoms with Crippen LogP contribution in [0.25, 0.3) is 0 Å². The highest BCUT2D eigenvalue weighted by Gasteiger charge is 2.41. The molecule has 2 atom stereocenters. The number of halogens is 1. The van der Waals surface area contributed by atoms with Gasteiger partial charge in [-0.2, -0.15) is 5.10 Å². The van der Waals surface area contributed by atoms with Crippen LogP contribution in [0.1, 0.15) is 35.4 Å². The molecule has 5 rings (SSSR count). The molecule has 152 valence electrons. The zero-order chi connectivity index (χ0) is 20.7.